The number of benzene rings is 1. The predicted molar refractivity (Wildman–Crippen MR) is 94.4 cm³/mol. The molecule has 0 spiro atoms. The summed E-state index contributed by atoms with van der Waals surface area (Å²) < 4.78 is 50.7. The molecule has 0 atom stereocenters. The first-order valence-electron chi connectivity index (χ1n) is 8.33. The van der Waals surface area contributed by atoms with Gasteiger partial charge in [-0.3, -0.25) is 9.69 Å². The summed E-state index contributed by atoms with van der Waals surface area (Å²) in [6.07, 6.45) is -3.46. The minimum absolute atomic E-state index is 0.171. The van der Waals surface area contributed by atoms with E-state index in [0.29, 0.717) is 18.7 Å². The van der Waals surface area contributed by atoms with E-state index >= 15 is 0 Å². The zero-order valence-electron chi connectivity index (χ0n) is 16.0. The molecule has 1 amide bonds. The summed E-state index contributed by atoms with van der Waals surface area (Å²) in [5.41, 5.74) is 7.72. The van der Waals surface area contributed by atoms with E-state index < -0.39 is 23.9 Å². The second-order valence-corrected chi connectivity index (χ2v) is 6.53. The fourth-order valence-corrected chi connectivity index (χ4v) is 2.33. The van der Waals surface area contributed by atoms with Crippen LogP contribution in [0.3, 0.4) is 0 Å². The van der Waals surface area contributed by atoms with Crippen LogP contribution in [0.2, 0.25) is 0 Å². The van der Waals surface area contributed by atoms with Gasteiger partial charge >= 0.3 is 12.1 Å². The molecule has 3 N–H and O–H groups in total. The molecule has 2 rings (SSSR count). The number of carboxylic acid groups (broad SMARTS) is 1. The third-order valence-electron chi connectivity index (χ3n) is 3.68. The Kier molecular flexibility index (Phi) is 8.31. The van der Waals surface area contributed by atoms with Crippen LogP contribution in [0.5, 0.6) is 0 Å². The predicted octanol–water partition coefficient (Wildman–Crippen LogP) is 3.30. The number of aromatic nitrogens is 1. The Labute approximate surface area is 164 Å². The SMILES string of the molecule is CC(C)c1nocc1CN(C)Cc1ccc(C(N)=O)cc1F.O=C(O)C(F)(F)F. The first-order chi connectivity index (χ1) is 13.3. The van der Waals surface area contributed by atoms with E-state index in [9.17, 15) is 22.4 Å². The van der Waals surface area contributed by atoms with Crippen LogP contribution in [0.4, 0.5) is 17.6 Å². The van der Waals surface area contributed by atoms with Crippen molar-refractivity contribution in [2.75, 3.05) is 7.05 Å². The van der Waals surface area contributed by atoms with E-state index in [-0.39, 0.29) is 11.5 Å². The summed E-state index contributed by atoms with van der Waals surface area (Å²) in [7, 11) is 1.89. The highest BCUT2D eigenvalue weighted by Crippen LogP contribution is 2.20. The van der Waals surface area contributed by atoms with Gasteiger partial charge in [0.1, 0.15) is 12.1 Å². The lowest BCUT2D eigenvalue weighted by Gasteiger charge is -2.17. The van der Waals surface area contributed by atoms with E-state index in [2.05, 4.69) is 5.16 Å². The molecular weight excluding hydrogens is 398 g/mol. The highest BCUT2D eigenvalue weighted by Gasteiger charge is 2.38. The van der Waals surface area contributed by atoms with Crippen LogP contribution in [0, 0.1) is 5.82 Å². The normalized spacial score (nSPS) is 11.3. The molecule has 0 unspecified atom stereocenters. The van der Waals surface area contributed by atoms with Crippen LogP contribution in [-0.4, -0.2) is 40.3 Å². The van der Waals surface area contributed by atoms with Gasteiger partial charge in [-0.25, -0.2) is 9.18 Å². The van der Waals surface area contributed by atoms with Gasteiger partial charge in [0.15, 0.2) is 0 Å². The molecule has 0 aliphatic carbocycles. The van der Waals surface area contributed by atoms with Gasteiger partial charge in [-0.1, -0.05) is 25.1 Å². The van der Waals surface area contributed by atoms with Gasteiger partial charge in [0.25, 0.3) is 0 Å². The van der Waals surface area contributed by atoms with Crippen molar-refractivity contribution < 1.29 is 36.8 Å². The standard InChI is InChI=1S/C16H20FN3O2.C2HF3O2/c1-10(2)15-13(9-22-19-15)8-20(3)7-12-5-4-11(16(18)21)6-14(12)17;3-2(4,5)1(6)7/h4-6,9-10H,7-8H2,1-3H3,(H2,18,21);(H,6,7). The van der Waals surface area contributed by atoms with Gasteiger partial charge < -0.3 is 15.4 Å². The van der Waals surface area contributed by atoms with Crippen molar-refractivity contribution >= 4 is 11.9 Å². The summed E-state index contributed by atoms with van der Waals surface area (Å²) in [5.74, 6) is -3.55. The van der Waals surface area contributed by atoms with E-state index in [4.69, 9.17) is 20.2 Å². The first-order valence-corrected chi connectivity index (χ1v) is 8.33. The van der Waals surface area contributed by atoms with Crippen molar-refractivity contribution in [1.29, 1.82) is 0 Å². The van der Waals surface area contributed by atoms with Crippen molar-refractivity contribution in [3.8, 4) is 0 Å². The Morgan fingerprint density at radius 1 is 1.24 bits per heavy atom. The van der Waals surface area contributed by atoms with Gasteiger partial charge in [0, 0.05) is 29.8 Å². The molecule has 1 aromatic carbocycles. The van der Waals surface area contributed by atoms with Crippen molar-refractivity contribution in [2.45, 2.75) is 39.0 Å². The smallest absolute Gasteiger partial charge is 0.475 e. The van der Waals surface area contributed by atoms with E-state index in [1.807, 2.05) is 25.8 Å². The Hall–Kier alpha value is -2.95. The molecule has 1 aromatic heterocycles. The third kappa shape index (κ3) is 7.53. The maximum atomic E-state index is 14.0. The molecule has 2 aromatic rings. The molecule has 0 radical (unpaired) electrons. The molecule has 11 heteroatoms. The Balaban J connectivity index is 0.000000516. The Bertz CT molecular complexity index is 850. The highest BCUT2D eigenvalue weighted by molar-refractivity contribution is 5.92. The van der Waals surface area contributed by atoms with Crippen LogP contribution in [0.1, 0.15) is 46.9 Å². The monoisotopic (exact) mass is 419 g/mol. The summed E-state index contributed by atoms with van der Waals surface area (Å²) in [6, 6.07) is 4.29. The van der Waals surface area contributed by atoms with Crippen molar-refractivity contribution in [2.24, 2.45) is 5.73 Å². The fourth-order valence-electron chi connectivity index (χ4n) is 2.33. The second-order valence-electron chi connectivity index (χ2n) is 6.53. The van der Waals surface area contributed by atoms with E-state index in [1.54, 1.807) is 12.3 Å². The lowest BCUT2D eigenvalue weighted by atomic mass is 10.1. The zero-order chi connectivity index (χ0) is 22.4. The number of carboxylic acids is 1. The van der Waals surface area contributed by atoms with E-state index in [0.717, 1.165) is 11.3 Å². The molecule has 29 heavy (non-hydrogen) atoms. The zero-order valence-corrected chi connectivity index (χ0v) is 16.0. The van der Waals surface area contributed by atoms with Gasteiger partial charge in [0.05, 0.1) is 5.69 Å². The van der Waals surface area contributed by atoms with Gasteiger partial charge in [-0.2, -0.15) is 13.2 Å². The molecule has 0 aliphatic heterocycles. The Morgan fingerprint density at radius 2 is 1.79 bits per heavy atom. The molecule has 1 heterocycles. The number of amides is 1. The summed E-state index contributed by atoms with van der Waals surface area (Å²) in [5, 5.41) is 11.1. The molecule has 7 nitrogen and oxygen atoms in total. The molecule has 0 saturated carbocycles. The van der Waals surface area contributed by atoms with Gasteiger partial charge in [-0.05, 0) is 25.1 Å². The van der Waals surface area contributed by atoms with Crippen LogP contribution in [0.25, 0.3) is 0 Å². The number of carbonyl (C=O) groups is 2. The van der Waals surface area contributed by atoms with Crippen molar-refractivity contribution in [3.05, 3.63) is 52.7 Å². The molecule has 0 aliphatic rings. The lowest BCUT2D eigenvalue weighted by molar-refractivity contribution is -0.192. The number of hydrogen-bond donors (Lipinski definition) is 2. The minimum atomic E-state index is -5.08. The van der Waals surface area contributed by atoms with Gasteiger partial charge in [0.2, 0.25) is 5.91 Å². The molecule has 0 saturated heterocycles. The summed E-state index contributed by atoms with van der Waals surface area (Å²) in [6.45, 7) is 5.11. The van der Waals surface area contributed by atoms with Crippen LogP contribution in [-0.2, 0) is 17.9 Å². The molecule has 0 fully saturated rings. The number of aliphatic carboxylic acids is 1. The van der Waals surface area contributed by atoms with E-state index in [1.165, 1.54) is 12.1 Å². The van der Waals surface area contributed by atoms with Crippen LogP contribution < -0.4 is 5.73 Å². The molecular formula is C18H21F4N3O4. The number of nitrogens with two attached hydrogens (primary N) is 1. The number of carbonyl (C=O) groups excluding carboxylic acids is 1. The number of hydrogen-bond acceptors (Lipinski definition) is 5. The lowest BCUT2D eigenvalue weighted by Crippen LogP contribution is -2.21. The minimum Gasteiger partial charge on any atom is -0.475 e. The Morgan fingerprint density at radius 3 is 2.24 bits per heavy atom. The average molecular weight is 419 g/mol. The van der Waals surface area contributed by atoms with Crippen LogP contribution >= 0.6 is 0 Å². The maximum Gasteiger partial charge on any atom is 0.490 e. The highest BCUT2D eigenvalue weighted by atomic mass is 19.4. The number of primary amides is 1. The van der Waals surface area contributed by atoms with Gasteiger partial charge in [-0.15, -0.1) is 0 Å². The molecule has 0 bridgehead atoms. The van der Waals surface area contributed by atoms with Crippen LogP contribution in [0.15, 0.2) is 29.0 Å². The fraction of sp³-hybridized carbons (Fsp3) is 0.389. The summed E-state index contributed by atoms with van der Waals surface area (Å²) >= 11 is 0. The van der Waals surface area contributed by atoms with Crippen molar-refractivity contribution in [1.82, 2.24) is 10.1 Å². The topological polar surface area (TPSA) is 110 Å². The first kappa shape index (κ1) is 24.1. The largest absolute Gasteiger partial charge is 0.490 e. The maximum absolute atomic E-state index is 14.0. The number of alkyl halides is 3. The molecule has 160 valence electrons. The number of halogens is 4. The summed E-state index contributed by atoms with van der Waals surface area (Å²) in [4.78, 5) is 21.9. The quantitative estimate of drug-likeness (QED) is 0.696. The van der Waals surface area contributed by atoms with Crippen molar-refractivity contribution in [3.63, 3.8) is 0 Å². The number of nitrogens with zero attached hydrogens (tertiary/aromatic N) is 2. The average Bonchev–Trinajstić information content (AvgIpc) is 3.04. The third-order valence-corrected chi connectivity index (χ3v) is 3.68. The second kappa shape index (κ2) is 10.0. The number of rotatable bonds is 6.